The minimum atomic E-state index is -1.87. The van der Waals surface area contributed by atoms with Crippen LogP contribution in [0.1, 0.15) is 0 Å². The van der Waals surface area contributed by atoms with Crippen molar-refractivity contribution in [1.82, 2.24) is 0 Å². The molecular weight excluding hydrogens is 596 g/mol. The molecule has 17 heteroatoms. The average Bonchev–Trinajstić information content (AvgIpc) is 2.99. The molecule has 1 aromatic heterocycles. The zero-order chi connectivity index (χ0) is 32.0. The summed E-state index contributed by atoms with van der Waals surface area (Å²) in [4.78, 5) is 0. The van der Waals surface area contributed by atoms with Crippen LogP contribution in [0.4, 0.5) is 0 Å². The SMILES string of the molecule is OC[C@@H]1O[C@H](Oc2cc3c(O[C@@H]4O[C@H](CO)[C@@H](O)[C@H](O)[C@H]4O)cc(O)cc3[o+]c2-c2cc(O)c(O)c(O)c2)[C@@H](O)[C@H](O)[C@H]1O. The van der Waals surface area contributed by atoms with Crippen LogP contribution in [-0.2, 0) is 9.47 Å². The summed E-state index contributed by atoms with van der Waals surface area (Å²) in [6.07, 6.45) is -16.8. The maximum Gasteiger partial charge on any atom is 0.402 e. The van der Waals surface area contributed by atoms with Crippen LogP contribution in [0.2, 0.25) is 0 Å². The van der Waals surface area contributed by atoms with E-state index in [4.69, 9.17) is 23.4 Å². The van der Waals surface area contributed by atoms with E-state index in [1.54, 1.807) is 0 Å². The molecule has 0 radical (unpaired) electrons. The van der Waals surface area contributed by atoms with Gasteiger partial charge in [0.2, 0.25) is 18.3 Å². The Hall–Kier alpha value is -3.75. The van der Waals surface area contributed by atoms with Gasteiger partial charge in [-0.25, -0.2) is 4.42 Å². The quantitative estimate of drug-likeness (QED) is 0.0956. The number of rotatable bonds is 7. The lowest BCUT2D eigenvalue weighted by atomic mass is 9.99. The fraction of sp³-hybridized carbons (Fsp3) is 0.444. The molecule has 17 nitrogen and oxygen atoms in total. The second kappa shape index (κ2) is 12.3. The number of phenols is 4. The molecule has 12 N–H and O–H groups in total. The molecule has 2 fully saturated rings. The predicted molar refractivity (Wildman–Crippen MR) is 142 cm³/mol. The van der Waals surface area contributed by atoms with Gasteiger partial charge in [0, 0.05) is 24.3 Å². The first-order valence-corrected chi connectivity index (χ1v) is 13.2. The van der Waals surface area contributed by atoms with Crippen LogP contribution in [0.5, 0.6) is 34.5 Å². The lowest BCUT2D eigenvalue weighted by Crippen LogP contribution is -2.60. The third-order valence-electron chi connectivity index (χ3n) is 7.32. The maximum absolute atomic E-state index is 10.6. The Morgan fingerprint density at radius 2 is 1.11 bits per heavy atom. The standard InChI is InChI=1S/C27H30O17/c28-6-16-19(34)21(36)23(38)26(43-16)41-14-4-9(30)3-13-10(14)5-15(25(40-13)8-1-11(31)18(33)12(32)2-8)42-27-24(39)22(37)20(35)17(7-29)44-27/h1-5,16-17,19-24,26-29,34-39H,6-7H2,(H3-,30,31,32,33)/p+1/t16-,17+,19-,20+,21+,22-,23-,24+,26-,27+/m1/s1. The van der Waals surface area contributed by atoms with Gasteiger partial charge in [0.05, 0.1) is 24.8 Å². The van der Waals surface area contributed by atoms with Crippen molar-refractivity contribution in [3.8, 4) is 45.8 Å². The van der Waals surface area contributed by atoms with Gasteiger partial charge in [-0.15, -0.1) is 0 Å². The molecular formula is C27H31O17+. The zero-order valence-electron chi connectivity index (χ0n) is 22.5. The number of ether oxygens (including phenoxy) is 4. The average molecular weight is 628 g/mol. The second-order valence-electron chi connectivity index (χ2n) is 10.3. The summed E-state index contributed by atoms with van der Waals surface area (Å²) in [6.45, 7) is -1.51. The van der Waals surface area contributed by atoms with Gasteiger partial charge in [0.1, 0.15) is 65.7 Å². The van der Waals surface area contributed by atoms with Crippen molar-refractivity contribution in [3.63, 3.8) is 0 Å². The molecule has 2 aliphatic heterocycles. The molecule has 240 valence electrons. The van der Waals surface area contributed by atoms with Crippen molar-refractivity contribution >= 4 is 11.0 Å². The highest BCUT2D eigenvalue weighted by Crippen LogP contribution is 2.45. The summed E-state index contributed by atoms with van der Waals surface area (Å²) in [5.41, 5.74) is -0.258. The Bertz CT molecular complexity index is 1470. The summed E-state index contributed by atoms with van der Waals surface area (Å²) in [6, 6.07) is 5.35. The highest BCUT2D eigenvalue weighted by atomic mass is 16.7. The second-order valence-corrected chi connectivity index (χ2v) is 10.3. The van der Waals surface area contributed by atoms with Crippen LogP contribution in [0.3, 0.4) is 0 Å². The summed E-state index contributed by atoms with van der Waals surface area (Å²) >= 11 is 0. The van der Waals surface area contributed by atoms with Crippen LogP contribution in [0.25, 0.3) is 22.3 Å². The van der Waals surface area contributed by atoms with Crippen LogP contribution in [-0.4, -0.2) is 136 Å². The summed E-state index contributed by atoms with van der Waals surface area (Å²) < 4.78 is 28.2. The third-order valence-corrected chi connectivity index (χ3v) is 7.32. The van der Waals surface area contributed by atoms with Crippen molar-refractivity contribution < 1.29 is 84.6 Å². The van der Waals surface area contributed by atoms with E-state index in [2.05, 4.69) is 0 Å². The number of aliphatic hydroxyl groups is 8. The number of hydrogen-bond acceptors (Lipinski definition) is 16. The largest absolute Gasteiger partial charge is 0.507 e. The van der Waals surface area contributed by atoms with E-state index in [-0.39, 0.29) is 33.8 Å². The molecule has 2 aromatic carbocycles. The summed E-state index contributed by atoms with van der Waals surface area (Å²) in [5.74, 6) is -3.72. The molecule has 0 saturated carbocycles. The summed E-state index contributed by atoms with van der Waals surface area (Å²) in [5, 5.41) is 121. The monoisotopic (exact) mass is 627 g/mol. The molecule has 3 heterocycles. The van der Waals surface area contributed by atoms with Crippen LogP contribution < -0.4 is 9.47 Å². The molecule has 0 unspecified atom stereocenters. The van der Waals surface area contributed by atoms with E-state index < -0.39 is 97.6 Å². The van der Waals surface area contributed by atoms with Gasteiger partial charge >= 0.3 is 11.3 Å². The van der Waals surface area contributed by atoms with Crippen LogP contribution in [0.15, 0.2) is 34.7 Å². The lowest BCUT2D eigenvalue weighted by Gasteiger charge is -2.39. The number of fused-ring (bicyclic) bond motifs is 1. The Kier molecular flexibility index (Phi) is 8.87. The number of aromatic hydroxyl groups is 4. The Labute approximate surface area is 246 Å². The number of aliphatic hydroxyl groups excluding tert-OH is 8. The van der Waals surface area contributed by atoms with Gasteiger partial charge in [-0.2, -0.15) is 0 Å². The first-order valence-electron chi connectivity index (χ1n) is 13.2. The van der Waals surface area contributed by atoms with Gasteiger partial charge in [0.15, 0.2) is 17.2 Å². The topological polar surface area (TPSA) is 291 Å². The van der Waals surface area contributed by atoms with Gasteiger partial charge in [-0.1, -0.05) is 0 Å². The lowest BCUT2D eigenvalue weighted by molar-refractivity contribution is -0.277. The van der Waals surface area contributed by atoms with Crippen molar-refractivity contribution in [2.24, 2.45) is 0 Å². The molecule has 0 spiro atoms. The van der Waals surface area contributed by atoms with Crippen molar-refractivity contribution in [3.05, 3.63) is 30.3 Å². The maximum atomic E-state index is 10.6. The number of hydrogen-bond donors (Lipinski definition) is 12. The number of benzene rings is 2. The summed E-state index contributed by atoms with van der Waals surface area (Å²) in [7, 11) is 0. The molecule has 44 heavy (non-hydrogen) atoms. The zero-order valence-corrected chi connectivity index (χ0v) is 22.5. The van der Waals surface area contributed by atoms with Gasteiger partial charge < -0.3 is 80.2 Å². The van der Waals surface area contributed by atoms with Gasteiger partial charge in [-0.05, 0) is 0 Å². The van der Waals surface area contributed by atoms with E-state index in [0.29, 0.717) is 0 Å². The molecule has 0 amide bonds. The van der Waals surface area contributed by atoms with E-state index in [1.807, 2.05) is 0 Å². The van der Waals surface area contributed by atoms with Crippen molar-refractivity contribution in [1.29, 1.82) is 0 Å². The fourth-order valence-electron chi connectivity index (χ4n) is 4.87. The molecule has 3 aromatic rings. The van der Waals surface area contributed by atoms with Gasteiger partial charge in [0.25, 0.3) is 0 Å². The number of phenolic OH excluding ortho intramolecular Hbond substituents is 4. The molecule has 0 aliphatic carbocycles. The van der Waals surface area contributed by atoms with Crippen LogP contribution in [0, 0.1) is 0 Å². The third kappa shape index (κ3) is 5.73. The normalized spacial score (nSPS) is 32.5. The fourth-order valence-corrected chi connectivity index (χ4v) is 4.87. The minimum Gasteiger partial charge on any atom is -0.507 e. The van der Waals surface area contributed by atoms with Crippen LogP contribution >= 0.6 is 0 Å². The predicted octanol–water partition coefficient (Wildman–Crippen LogP) is -2.44. The first-order chi connectivity index (χ1) is 20.8. The Balaban J connectivity index is 1.63. The van der Waals surface area contributed by atoms with Crippen molar-refractivity contribution in [2.75, 3.05) is 13.2 Å². The smallest absolute Gasteiger partial charge is 0.402 e. The highest BCUT2D eigenvalue weighted by Gasteiger charge is 2.47. The highest BCUT2D eigenvalue weighted by molar-refractivity contribution is 5.89. The van der Waals surface area contributed by atoms with Gasteiger partial charge in [-0.3, -0.25) is 0 Å². The first kappa shape index (κ1) is 31.7. The minimum absolute atomic E-state index is 0.0182. The molecule has 10 atom stereocenters. The van der Waals surface area contributed by atoms with Crippen molar-refractivity contribution in [2.45, 2.75) is 61.4 Å². The Morgan fingerprint density at radius 1 is 0.614 bits per heavy atom. The van der Waals surface area contributed by atoms with E-state index in [0.717, 1.165) is 24.3 Å². The molecule has 2 aliphatic rings. The molecule has 2 saturated heterocycles. The molecule has 5 rings (SSSR count). The van der Waals surface area contributed by atoms with E-state index in [9.17, 15) is 61.3 Å². The van der Waals surface area contributed by atoms with E-state index in [1.165, 1.54) is 6.07 Å². The Morgan fingerprint density at radius 3 is 1.61 bits per heavy atom. The van der Waals surface area contributed by atoms with E-state index >= 15 is 0 Å². The molecule has 0 bridgehead atoms.